The number of nitrogens with one attached hydrogen (secondary N) is 4. The Morgan fingerprint density at radius 3 is 1.39 bits per heavy atom. The summed E-state index contributed by atoms with van der Waals surface area (Å²) in [6.07, 6.45) is -15.2. The number of carbonyl (C=O) groups is 5. The molecule has 79 heavy (non-hydrogen) atoms. The van der Waals surface area contributed by atoms with Gasteiger partial charge in [0.25, 0.3) is 0 Å². The van der Waals surface area contributed by atoms with Crippen molar-refractivity contribution in [1.82, 2.24) is 21.3 Å². The van der Waals surface area contributed by atoms with Crippen molar-refractivity contribution in [3.8, 4) is 12.3 Å². The van der Waals surface area contributed by atoms with Crippen molar-refractivity contribution < 1.29 is 117 Å². The first-order valence-corrected chi connectivity index (χ1v) is 29.3. The predicted molar refractivity (Wildman–Crippen MR) is 288 cm³/mol. The van der Waals surface area contributed by atoms with Crippen LogP contribution in [0.5, 0.6) is 0 Å². The highest BCUT2D eigenvalue weighted by Crippen LogP contribution is 2.35. The molecular weight excluding hydrogens is 1180 g/mol. The Kier molecular flexibility index (Phi) is 43.3. The number of nitrogens with zero attached hydrogens (tertiary/aromatic N) is 1. The molecule has 3 aliphatic heterocycles. The summed E-state index contributed by atoms with van der Waals surface area (Å²) in [7, 11) is -9.36. The Bertz CT molecular complexity index is 1940. The van der Waals surface area contributed by atoms with E-state index in [1.807, 2.05) is 27.7 Å². The monoisotopic (exact) mass is 1250 g/mol. The predicted octanol–water partition coefficient (Wildman–Crippen LogP) is -4.82. The Labute approximate surface area is 482 Å². The largest absolute Gasteiger partial charge is 0.726 e. The topological polar surface area (TPSA) is 447 Å². The number of rotatable bonds is 27. The second kappa shape index (κ2) is 43.8. The minimum absolute atomic E-state index is 0.0856. The number of ether oxygens (including phenoxy) is 6. The fourth-order valence-corrected chi connectivity index (χ4v) is 7.87. The van der Waals surface area contributed by atoms with E-state index in [2.05, 4.69) is 91.2 Å². The van der Waals surface area contributed by atoms with E-state index in [0.717, 1.165) is 13.3 Å². The van der Waals surface area contributed by atoms with Crippen LogP contribution < -0.4 is 26.4 Å². The van der Waals surface area contributed by atoms with Gasteiger partial charge in [0, 0.05) is 64.9 Å². The molecular formula is C43H76N5O25S6-3. The van der Waals surface area contributed by atoms with Crippen LogP contribution in [0.15, 0.2) is 5.16 Å². The first-order valence-electron chi connectivity index (χ1n) is 24.1. The maximum Gasteiger partial charge on any atom is 0.220 e. The van der Waals surface area contributed by atoms with Gasteiger partial charge >= 0.3 is 0 Å². The molecule has 4 amide bonds. The number of methoxy groups -OCH3 is 1. The average molecular weight is 1260 g/mol. The van der Waals surface area contributed by atoms with Crippen LogP contribution in [0.3, 0.4) is 0 Å². The Balaban J connectivity index is 0. The molecule has 3 saturated heterocycles. The molecule has 14 atom stereocenters. The van der Waals surface area contributed by atoms with Crippen molar-refractivity contribution in [3.63, 3.8) is 0 Å². The number of carboxylic acid groups (broad SMARTS) is 1. The zero-order valence-corrected chi connectivity index (χ0v) is 49.5. The van der Waals surface area contributed by atoms with Gasteiger partial charge in [-0.05, 0) is 50.7 Å². The van der Waals surface area contributed by atoms with Gasteiger partial charge in [-0.25, -0.2) is 16.8 Å². The molecule has 0 aromatic carbocycles. The molecule has 5 unspecified atom stereocenters. The van der Waals surface area contributed by atoms with Crippen molar-refractivity contribution in [2.75, 3.05) is 76.1 Å². The van der Waals surface area contributed by atoms with E-state index in [-0.39, 0.29) is 30.2 Å². The smallest absolute Gasteiger partial charge is 0.220 e. The van der Waals surface area contributed by atoms with Gasteiger partial charge in [0.1, 0.15) is 61.0 Å². The number of thiol groups is 4. The number of carboxylic acids is 1. The lowest BCUT2D eigenvalue weighted by Gasteiger charge is -2.48. The lowest BCUT2D eigenvalue weighted by molar-refractivity contribution is -0.376. The Hall–Kier alpha value is -2.88. The maximum atomic E-state index is 12.1. The van der Waals surface area contributed by atoms with Crippen molar-refractivity contribution in [3.05, 3.63) is 0 Å². The molecule has 3 rings (SSSR count). The Morgan fingerprint density at radius 2 is 1.04 bits per heavy atom. The third-order valence-corrected chi connectivity index (χ3v) is 11.8. The van der Waals surface area contributed by atoms with Crippen molar-refractivity contribution in [1.29, 1.82) is 0 Å². The highest BCUT2D eigenvalue weighted by atomic mass is 32.3. The van der Waals surface area contributed by atoms with Gasteiger partial charge in [-0.3, -0.25) is 27.5 Å². The van der Waals surface area contributed by atoms with E-state index in [1.165, 1.54) is 6.92 Å². The van der Waals surface area contributed by atoms with Gasteiger partial charge in [0.2, 0.25) is 44.4 Å². The summed E-state index contributed by atoms with van der Waals surface area (Å²) in [5.74, 6) is 1.87. The molecule has 0 saturated carbocycles. The first kappa shape index (κ1) is 78.2. The minimum Gasteiger partial charge on any atom is -0.726 e. The van der Waals surface area contributed by atoms with Crippen molar-refractivity contribution >= 4 is 107 Å². The quantitative estimate of drug-likeness (QED) is 0.00698. The summed E-state index contributed by atoms with van der Waals surface area (Å²) in [4.78, 5) is 58.7. The number of aliphatic carboxylic acids is 1. The first-order chi connectivity index (χ1) is 37.1. The molecule has 0 bridgehead atoms. The fraction of sp³-hybridized carbons (Fsp3) is 0.814. The number of hydrogen-bond acceptors (Lipinski definition) is 30. The van der Waals surface area contributed by atoms with Crippen LogP contribution in [-0.4, -0.2) is 238 Å². The van der Waals surface area contributed by atoms with Crippen LogP contribution in [0.25, 0.3) is 0 Å². The summed E-state index contributed by atoms with van der Waals surface area (Å²) < 4.78 is 107. The summed E-state index contributed by atoms with van der Waals surface area (Å²) in [5, 5.41) is 69.4. The number of hydrogen-bond donors (Lipinski definition) is 12. The van der Waals surface area contributed by atoms with Gasteiger partial charge < -0.3 is 94.0 Å². The SMILES string of the molecule is C#CCO/N=C\[C@@H]1O[C@H](COS(=O)(=O)[O-])[C@H](O[C@@H]2OC(C(=O)[O-])[C@@H](O[C@@H]3OC(COS(=O)(=O)[O-])[C@@H](OC)[C@H](O)C3C)[C@H](O)C2O)C1O.CCNC(=O)CCS.CCNC(=O)CCS.CCNC(=O)CCS.CCNC(=O)CCS. The molecule has 0 radical (unpaired) electrons. The molecule has 30 nitrogen and oxygen atoms in total. The molecule has 3 aliphatic rings. The fourth-order valence-electron chi connectivity index (χ4n) is 6.45. The third kappa shape index (κ3) is 33.7. The number of terminal acetylenes is 1. The van der Waals surface area contributed by atoms with Gasteiger partial charge in [0.15, 0.2) is 19.2 Å². The second-order valence-corrected chi connectivity index (χ2v) is 19.9. The van der Waals surface area contributed by atoms with E-state index >= 15 is 0 Å². The zero-order chi connectivity index (χ0) is 60.9. The third-order valence-electron chi connectivity index (χ3n) is 10.0. The number of aliphatic hydroxyl groups is 4. The molecule has 0 aromatic heterocycles. The van der Waals surface area contributed by atoms with Crippen molar-refractivity contribution in [2.24, 2.45) is 11.1 Å². The van der Waals surface area contributed by atoms with Crippen LogP contribution in [0.1, 0.15) is 60.3 Å². The zero-order valence-electron chi connectivity index (χ0n) is 44.3. The number of oxime groups is 1. The molecule has 0 aliphatic carbocycles. The van der Waals surface area contributed by atoms with Gasteiger partial charge in [-0.15, -0.1) is 6.42 Å². The molecule has 36 heteroatoms. The van der Waals surface area contributed by atoms with Crippen LogP contribution in [0, 0.1) is 18.3 Å². The number of amides is 4. The molecule has 0 spiro atoms. The van der Waals surface area contributed by atoms with Crippen molar-refractivity contribution in [2.45, 2.75) is 140 Å². The number of carbonyl (C=O) groups excluding carboxylic acids is 5. The van der Waals surface area contributed by atoms with Crippen LogP contribution in [-0.2, 0) is 86.4 Å². The highest BCUT2D eigenvalue weighted by molar-refractivity contribution is 7.81. The van der Waals surface area contributed by atoms with Crippen LogP contribution in [0.2, 0.25) is 0 Å². The van der Waals surface area contributed by atoms with Gasteiger partial charge in [-0.2, -0.15) is 50.5 Å². The second-order valence-electron chi connectivity index (χ2n) is 16.0. The minimum atomic E-state index is -5.28. The van der Waals surface area contributed by atoms with E-state index in [4.69, 9.17) is 39.7 Å². The Morgan fingerprint density at radius 1 is 0.633 bits per heavy atom. The average Bonchev–Trinajstić information content (AvgIpc) is 3.66. The molecule has 0 aromatic rings. The summed E-state index contributed by atoms with van der Waals surface area (Å²) >= 11 is 15.6. The number of aliphatic hydroxyl groups excluding tert-OH is 4. The molecule has 3 fully saturated rings. The summed E-state index contributed by atoms with van der Waals surface area (Å²) in [6.45, 7) is 9.54. The molecule has 3 heterocycles. The standard InChI is InChI=1S/C23H35NO21S2.4C5H11NOS/c1-4-5-38-24-6-10-14(26)18(12(41-10)8-40-47(34,35)36)43-23-16(28)15(27)19(20(45-23)21(29)30)44-22-9(2)13(25)17(37-3)11(42-22)7-39-46(31,32)33;4*1-2-6-5(7)3-4-8/h1,6,9-20,22-23,25-28H,5,7-8H2,2-3H3,(H,29,30)(H,31,32,33)(H,34,35,36);4*8H,2-4H2,1H3,(H,6,7)/p-3/b24-6-;;;;/t9?,10-,11?,12+,13+,14?,15+,16?,17+,18-,19-,20?,22-,23+;;;;/m0..../s1. The van der Waals surface area contributed by atoms with Crippen LogP contribution >= 0.6 is 50.5 Å². The molecule has 462 valence electrons. The lowest BCUT2D eigenvalue weighted by Crippen LogP contribution is -2.66. The van der Waals surface area contributed by atoms with E-state index in [0.29, 0.717) is 74.9 Å². The van der Waals surface area contributed by atoms with Gasteiger partial charge in [-0.1, -0.05) is 18.0 Å². The summed E-state index contributed by atoms with van der Waals surface area (Å²) in [5.41, 5.74) is 0. The van der Waals surface area contributed by atoms with E-state index in [1.54, 1.807) is 0 Å². The van der Waals surface area contributed by atoms with Crippen LogP contribution in [0.4, 0.5) is 0 Å². The van der Waals surface area contributed by atoms with Gasteiger partial charge in [0.05, 0.1) is 31.5 Å². The maximum absolute atomic E-state index is 12.1. The van der Waals surface area contributed by atoms with E-state index < -0.39 is 126 Å². The van der Waals surface area contributed by atoms with E-state index in [9.17, 15) is 75.4 Å². The normalized spacial score (nSPS) is 27.3. The lowest BCUT2D eigenvalue weighted by atomic mass is 9.91. The summed E-state index contributed by atoms with van der Waals surface area (Å²) in [6, 6.07) is 0. The molecule has 8 N–H and O–H groups in total. The highest BCUT2D eigenvalue weighted by Gasteiger charge is 2.54.